The normalized spacial score (nSPS) is 20.1. The number of fused-ring (bicyclic) bond motifs is 1. The van der Waals surface area contributed by atoms with E-state index in [0.29, 0.717) is 12.3 Å². The van der Waals surface area contributed by atoms with Crippen molar-refractivity contribution in [2.75, 3.05) is 6.54 Å². The van der Waals surface area contributed by atoms with Crippen LogP contribution < -0.4 is 15.4 Å². The van der Waals surface area contributed by atoms with Crippen molar-refractivity contribution in [3.8, 4) is 5.88 Å². The molecule has 0 radical (unpaired) electrons. The quantitative estimate of drug-likeness (QED) is 0.463. The summed E-state index contributed by atoms with van der Waals surface area (Å²) in [5.41, 5.74) is 2.85. The molecule has 1 spiro atoms. The first-order chi connectivity index (χ1) is 16.9. The number of aliphatic hydroxyl groups excluding tert-OH is 1. The molecule has 36 heavy (non-hydrogen) atoms. The van der Waals surface area contributed by atoms with Crippen molar-refractivity contribution < 1.29 is 19.0 Å². The number of nitrogens with zero attached hydrogens (tertiary/aromatic N) is 1. The van der Waals surface area contributed by atoms with Gasteiger partial charge in [0.2, 0.25) is 11.8 Å². The summed E-state index contributed by atoms with van der Waals surface area (Å²) in [4.78, 5) is 16.5. The van der Waals surface area contributed by atoms with Gasteiger partial charge in [-0.05, 0) is 66.8 Å². The van der Waals surface area contributed by atoms with Crippen LogP contribution in [0.1, 0.15) is 76.1 Å². The maximum atomic E-state index is 13.6. The van der Waals surface area contributed by atoms with Crippen LogP contribution in [-0.4, -0.2) is 40.3 Å². The van der Waals surface area contributed by atoms with Crippen molar-refractivity contribution in [1.82, 2.24) is 15.6 Å². The lowest BCUT2D eigenvalue weighted by Gasteiger charge is -2.47. The van der Waals surface area contributed by atoms with Crippen LogP contribution in [0, 0.1) is 11.2 Å². The summed E-state index contributed by atoms with van der Waals surface area (Å²) in [7, 11) is 0. The van der Waals surface area contributed by atoms with Gasteiger partial charge in [-0.25, -0.2) is 9.37 Å². The number of halogens is 2. The maximum Gasteiger partial charge on any atom is 0.218 e. The fraction of sp³-hybridized carbons (Fsp3) is 0.571. The predicted molar refractivity (Wildman–Crippen MR) is 139 cm³/mol. The van der Waals surface area contributed by atoms with Gasteiger partial charge >= 0.3 is 0 Å². The smallest absolute Gasteiger partial charge is 0.218 e. The fourth-order valence-corrected chi connectivity index (χ4v) is 5.42. The molecule has 0 saturated heterocycles. The van der Waals surface area contributed by atoms with E-state index in [2.05, 4.69) is 42.5 Å². The minimum Gasteiger partial charge on any atom is -0.471 e. The predicted octanol–water partition coefficient (Wildman–Crippen LogP) is 4.91. The standard InChI is InChI=1S/C28H37ClFN3O3/c1-17(34)33-23(12-18-6-7-22(30)21(29)11-18)25(35)16-31-24-14-28(8-5-9-28)36-26-20(24)10-19(15-32-26)13-27(2,3)4/h6-7,10-11,15,23-25,31,35H,5,8-9,12-14,16H2,1-4H3,(H,33,34)/t23-,24-,25-/m0/s1. The third-order valence-electron chi connectivity index (χ3n) is 7.07. The molecule has 1 aliphatic carbocycles. The Morgan fingerprint density at radius 2 is 2.06 bits per heavy atom. The molecule has 0 bridgehead atoms. The van der Waals surface area contributed by atoms with Gasteiger partial charge in [-0.3, -0.25) is 4.79 Å². The van der Waals surface area contributed by atoms with Crippen LogP contribution in [0.5, 0.6) is 5.88 Å². The monoisotopic (exact) mass is 517 g/mol. The molecule has 1 amide bonds. The van der Waals surface area contributed by atoms with Crippen LogP contribution >= 0.6 is 11.6 Å². The molecular formula is C28H37ClFN3O3. The highest BCUT2D eigenvalue weighted by Gasteiger charge is 2.46. The summed E-state index contributed by atoms with van der Waals surface area (Å²) in [5.74, 6) is -0.0701. The number of aliphatic hydroxyl groups is 1. The topological polar surface area (TPSA) is 83.5 Å². The van der Waals surface area contributed by atoms with E-state index in [1.807, 2.05) is 6.20 Å². The average Bonchev–Trinajstić information content (AvgIpc) is 2.76. The summed E-state index contributed by atoms with van der Waals surface area (Å²) in [6.45, 7) is 8.30. The largest absolute Gasteiger partial charge is 0.471 e. The molecule has 4 rings (SSSR count). The summed E-state index contributed by atoms with van der Waals surface area (Å²) < 4.78 is 20.0. The molecule has 2 heterocycles. The van der Waals surface area contributed by atoms with E-state index in [0.717, 1.165) is 48.8 Å². The van der Waals surface area contributed by atoms with Crippen LogP contribution in [0.15, 0.2) is 30.5 Å². The molecule has 8 heteroatoms. The molecule has 1 aromatic heterocycles. The van der Waals surface area contributed by atoms with Gasteiger partial charge in [-0.2, -0.15) is 0 Å². The Kier molecular flexibility index (Phi) is 7.93. The van der Waals surface area contributed by atoms with Gasteiger partial charge in [-0.1, -0.05) is 38.4 Å². The molecule has 0 unspecified atom stereocenters. The van der Waals surface area contributed by atoms with E-state index in [-0.39, 0.29) is 34.5 Å². The Bertz CT molecular complexity index is 1100. The van der Waals surface area contributed by atoms with Crippen LogP contribution in [0.2, 0.25) is 5.02 Å². The zero-order chi connectivity index (χ0) is 26.1. The molecule has 1 aliphatic heterocycles. The fourth-order valence-electron chi connectivity index (χ4n) is 5.22. The molecule has 3 atom stereocenters. The molecule has 1 fully saturated rings. The van der Waals surface area contributed by atoms with Crippen LogP contribution in [0.25, 0.3) is 0 Å². The van der Waals surface area contributed by atoms with Gasteiger partial charge in [0, 0.05) is 37.7 Å². The Labute approximate surface area is 218 Å². The molecule has 196 valence electrons. The zero-order valence-electron chi connectivity index (χ0n) is 21.5. The lowest BCUT2D eigenvalue weighted by atomic mass is 9.73. The van der Waals surface area contributed by atoms with Gasteiger partial charge in [0.25, 0.3) is 0 Å². The number of hydrogen-bond acceptors (Lipinski definition) is 5. The summed E-state index contributed by atoms with van der Waals surface area (Å²) >= 11 is 5.94. The van der Waals surface area contributed by atoms with E-state index in [1.165, 1.54) is 19.1 Å². The average molecular weight is 518 g/mol. The number of carbonyl (C=O) groups excluding carboxylic acids is 1. The Hall–Kier alpha value is -2.22. The third-order valence-corrected chi connectivity index (χ3v) is 7.36. The van der Waals surface area contributed by atoms with Crippen molar-refractivity contribution in [2.45, 2.75) is 90.0 Å². The number of amides is 1. The number of hydrogen-bond donors (Lipinski definition) is 3. The van der Waals surface area contributed by atoms with Gasteiger partial charge in [0.15, 0.2) is 0 Å². The molecule has 2 aliphatic rings. The first kappa shape index (κ1) is 26.8. The lowest BCUT2D eigenvalue weighted by molar-refractivity contribution is -0.120. The van der Waals surface area contributed by atoms with E-state index >= 15 is 0 Å². The van der Waals surface area contributed by atoms with Crippen molar-refractivity contribution in [1.29, 1.82) is 0 Å². The minimum atomic E-state index is -0.868. The lowest BCUT2D eigenvalue weighted by Crippen LogP contribution is -2.52. The number of pyridine rings is 1. The molecule has 1 aromatic carbocycles. The van der Waals surface area contributed by atoms with E-state index in [1.54, 1.807) is 6.07 Å². The molecule has 3 N–H and O–H groups in total. The maximum absolute atomic E-state index is 13.6. The van der Waals surface area contributed by atoms with Crippen molar-refractivity contribution in [3.63, 3.8) is 0 Å². The Balaban J connectivity index is 1.50. The van der Waals surface area contributed by atoms with E-state index in [9.17, 15) is 14.3 Å². The van der Waals surface area contributed by atoms with E-state index < -0.39 is 18.0 Å². The minimum absolute atomic E-state index is 0.0184. The Morgan fingerprint density at radius 3 is 2.67 bits per heavy atom. The van der Waals surface area contributed by atoms with Crippen molar-refractivity contribution >= 4 is 17.5 Å². The van der Waals surface area contributed by atoms with Crippen LogP contribution in [-0.2, 0) is 17.6 Å². The van der Waals surface area contributed by atoms with Gasteiger partial charge in [0.1, 0.15) is 11.4 Å². The second-order valence-corrected chi connectivity index (χ2v) is 12.0. The SMILES string of the molecule is CC(=O)N[C@@H](Cc1ccc(F)c(Cl)c1)[C@@H](O)CN[C@H]1CC2(CCC2)Oc2ncc(CC(C)(C)C)cc21. The number of aromatic nitrogens is 1. The first-order valence-corrected chi connectivity index (χ1v) is 13.1. The molecule has 6 nitrogen and oxygen atoms in total. The van der Waals surface area contributed by atoms with Gasteiger partial charge in [-0.15, -0.1) is 0 Å². The first-order valence-electron chi connectivity index (χ1n) is 12.7. The molecule has 2 aromatic rings. The number of rotatable bonds is 8. The second kappa shape index (κ2) is 10.6. The number of carbonyl (C=O) groups is 1. The van der Waals surface area contributed by atoms with E-state index in [4.69, 9.17) is 16.3 Å². The summed E-state index contributed by atoms with van der Waals surface area (Å²) in [6, 6.07) is 6.05. The van der Waals surface area contributed by atoms with Crippen molar-refractivity contribution in [2.24, 2.45) is 5.41 Å². The van der Waals surface area contributed by atoms with Gasteiger partial charge in [0.05, 0.1) is 17.2 Å². The number of nitrogens with one attached hydrogen (secondary N) is 2. The highest BCUT2D eigenvalue weighted by molar-refractivity contribution is 6.30. The second-order valence-electron chi connectivity index (χ2n) is 11.6. The number of ether oxygens (including phenoxy) is 1. The summed E-state index contributed by atoms with van der Waals surface area (Å²) in [6.07, 6.45) is 6.22. The molecule has 1 saturated carbocycles. The third kappa shape index (κ3) is 6.55. The van der Waals surface area contributed by atoms with Gasteiger partial charge < -0.3 is 20.5 Å². The summed E-state index contributed by atoms with van der Waals surface area (Å²) in [5, 5.41) is 17.5. The Morgan fingerprint density at radius 1 is 1.31 bits per heavy atom. The van der Waals surface area contributed by atoms with Crippen LogP contribution in [0.4, 0.5) is 4.39 Å². The molecular weight excluding hydrogens is 481 g/mol. The highest BCUT2D eigenvalue weighted by atomic mass is 35.5. The zero-order valence-corrected chi connectivity index (χ0v) is 22.3. The highest BCUT2D eigenvalue weighted by Crippen LogP contribution is 2.48. The number of benzene rings is 1. The van der Waals surface area contributed by atoms with Crippen LogP contribution in [0.3, 0.4) is 0 Å². The van der Waals surface area contributed by atoms with Crippen molar-refractivity contribution in [3.05, 3.63) is 58.0 Å².